The number of anilines is 3. The fraction of sp³-hybridized carbons (Fsp3) is 0. The molecule has 0 aliphatic carbocycles. The third-order valence-electron chi connectivity index (χ3n) is 2.87. The molecule has 3 rings (SSSR count). The lowest BCUT2D eigenvalue weighted by Gasteiger charge is -2.10. The predicted octanol–water partition coefficient (Wildman–Crippen LogP) is 2.28. The van der Waals surface area contributed by atoms with Gasteiger partial charge in [-0.25, -0.2) is 15.8 Å². The molecule has 0 radical (unpaired) electrons. The Morgan fingerprint density at radius 3 is 3.00 bits per heavy atom. The van der Waals surface area contributed by atoms with Crippen LogP contribution in [0, 0.1) is 11.3 Å². The molecule has 0 amide bonds. The minimum absolute atomic E-state index is 0.468. The van der Waals surface area contributed by atoms with Crippen molar-refractivity contribution >= 4 is 34.6 Å². The lowest BCUT2D eigenvalue weighted by Crippen LogP contribution is -2.11. The van der Waals surface area contributed by atoms with Crippen LogP contribution in [0.4, 0.5) is 17.3 Å². The summed E-state index contributed by atoms with van der Waals surface area (Å²) >= 11 is 6.13. The van der Waals surface area contributed by atoms with E-state index in [0.29, 0.717) is 33.6 Å². The van der Waals surface area contributed by atoms with Crippen molar-refractivity contribution in [1.29, 1.82) is 5.26 Å². The van der Waals surface area contributed by atoms with Crippen molar-refractivity contribution in [1.82, 2.24) is 14.4 Å². The zero-order chi connectivity index (χ0) is 14.8. The van der Waals surface area contributed by atoms with E-state index in [4.69, 9.17) is 22.7 Å². The summed E-state index contributed by atoms with van der Waals surface area (Å²) in [6.07, 6.45) is 5.13. The van der Waals surface area contributed by atoms with Crippen molar-refractivity contribution in [3.8, 4) is 6.07 Å². The first kappa shape index (κ1) is 13.2. The number of aromatic nitrogens is 3. The fourth-order valence-corrected chi connectivity index (χ4v) is 2.07. The highest BCUT2D eigenvalue weighted by atomic mass is 35.5. The average Bonchev–Trinajstić information content (AvgIpc) is 2.98. The molecule has 0 bridgehead atoms. The molecule has 0 fully saturated rings. The van der Waals surface area contributed by atoms with E-state index in [0.717, 1.165) is 0 Å². The molecule has 0 unspecified atom stereocenters. The van der Waals surface area contributed by atoms with Gasteiger partial charge in [-0.2, -0.15) is 5.26 Å². The SMILES string of the molecule is N#Cc1ccc(Cl)c(Nc2nc(NN)cn3ccnc23)c1. The molecule has 0 aliphatic rings. The van der Waals surface area contributed by atoms with Gasteiger partial charge in [-0.3, -0.25) is 0 Å². The maximum absolute atomic E-state index is 8.96. The molecule has 0 atom stereocenters. The molecular weight excluding hydrogens is 290 g/mol. The number of nitrogens with one attached hydrogen (secondary N) is 2. The Kier molecular flexibility index (Phi) is 3.31. The highest BCUT2D eigenvalue weighted by Gasteiger charge is 2.10. The van der Waals surface area contributed by atoms with Gasteiger partial charge in [-0.05, 0) is 18.2 Å². The van der Waals surface area contributed by atoms with Crippen molar-refractivity contribution < 1.29 is 0 Å². The number of rotatable bonds is 3. The smallest absolute Gasteiger partial charge is 0.180 e. The average molecular weight is 300 g/mol. The molecule has 3 aromatic rings. The van der Waals surface area contributed by atoms with Gasteiger partial charge in [-0.1, -0.05) is 11.6 Å². The number of hydrogen-bond acceptors (Lipinski definition) is 6. The summed E-state index contributed by atoms with van der Waals surface area (Å²) in [5.74, 6) is 6.35. The molecule has 0 saturated heterocycles. The molecular formula is C13H10ClN7. The molecule has 4 N–H and O–H groups in total. The predicted molar refractivity (Wildman–Crippen MR) is 80.2 cm³/mol. The molecule has 2 aromatic heterocycles. The van der Waals surface area contributed by atoms with Crippen LogP contribution in [0.25, 0.3) is 5.65 Å². The Morgan fingerprint density at radius 1 is 1.38 bits per heavy atom. The maximum Gasteiger partial charge on any atom is 0.180 e. The molecule has 0 saturated carbocycles. The van der Waals surface area contributed by atoms with Gasteiger partial charge in [-0.15, -0.1) is 0 Å². The van der Waals surface area contributed by atoms with E-state index < -0.39 is 0 Å². The van der Waals surface area contributed by atoms with Gasteiger partial charge in [0.15, 0.2) is 17.3 Å². The van der Waals surface area contributed by atoms with E-state index in [1.54, 1.807) is 41.2 Å². The summed E-state index contributed by atoms with van der Waals surface area (Å²) in [4.78, 5) is 8.54. The van der Waals surface area contributed by atoms with E-state index in [1.807, 2.05) is 0 Å². The monoisotopic (exact) mass is 299 g/mol. The third kappa shape index (κ3) is 2.45. The largest absolute Gasteiger partial charge is 0.336 e. The number of fused-ring (bicyclic) bond motifs is 1. The molecule has 8 heteroatoms. The lowest BCUT2D eigenvalue weighted by molar-refractivity contribution is 1.11. The molecule has 7 nitrogen and oxygen atoms in total. The van der Waals surface area contributed by atoms with E-state index >= 15 is 0 Å². The van der Waals surface area contributed by atoms with Gasteiger partial charge in [0.05, 0.1) is 28.5 Å². The Bertz CT molecular complexity index is 849. The fourth-order valence-electron chi connectivity index (χ4n) is 1.90. The number of nitrogens with two attached hydrogens (primary N) is 1. The highest BCUT2D eigenvalue weighted by molar-refractivity contribution is 6.33. The normalized spacial score (nSPS) is 10.3. The van der Waals surface area contributed by atoms with Crippen LogP contribution in [-0.4, -0.2) is 14.4 Å². The Labute approximate surface area is 125 Å². The summed E-state index contributed by atoms with van der Waals surface area (Å²) in [6.45, 7) is 0. The quantitative estimate of drug-likeness (QED) is 0.506. The summed E-state index contributed by atoms with van der Waals surface area (Å²) < 4.78 is 1.77. The number of nitrogens with zero attached hydrogens (tertiary/aromatic N) is 4. The van der Waals surface area contributed by atoms with Gasteiger partial charge in [0.1, 0.15) is 0 Å². The molecule has 1 aromatic carbocycles. The molecule has 104 valence electrons. The van der Waals surface area contributed by atoms with E-state index in [-0.39, 0.29) is 0 Å². The first-order chi connectivity index (χ1) is 10.2. The van der Waals surface area contributed by atoms with Crippen LogP contribution in [0.2, 0.25) is 5.02 Å². The number of hydrogen-bond donors (Lipinski definition) is 3. The highest BCUT2D eigenvalue weighted by Crippen LogP contribution is 2.27. The first-order valence-electron chi connectivity index (χ1n) is 5.98. The summed E-state index contributed by atoms with van der Waals surface area (Å²) in [5, 5.41) is 12.5. The van der Waals surface area contributed by atoms with E-state index in [1.165, 1.54) is 0 Å². The molecule has 21 heavy (non-hydrogen) atoms. The zero-order valence-corrected chi connectivity index (χ0v) is 11.5. The van der Waals surface area contributed by atoms with E-state index in [2.05, 4.69) is 26.8 Å². The van der Waals surface area contributed by atoms with Gasteiger partial charge in [0, 0.05) is 12.4 Å². The van der Waals surface area contributed by atoms with Crippen molar-refractivity contribution in [3.63, 3.8) is 0 Å². The molecule has 0 aliphatic heterocycles. The number of hydrazine groups is 1. The number of halogens is 1. The number of nitriles is 1. The first-order valence-corrected chi connectivity index (χ1v) is 6.36. The van der Waals surface area contributed by atoms with Gasteiger partial charge in [0.2, 0.25) is 0 Å². The van der Waals surface area contributed by atoms with Crippen molar-refractivity contribution in [2.45, 2.75) is 0 Å². The minimum atomic E-state index is 0.468. The van der Waals surface area contributed by atoms with Crippen molar-refractivity contribution in [2.24, 2.45) is 5.84 Å². The zero-order valence-electron chi connectivity index (χ0n) is 10.7. The topological polar surface area (TPSA) is 104 Å². The summed E-state index contributed by atoms with van der Waals surface area (Å²) in [7, 11) is 0. The van der Waals surface area contributed by atoms with Gasteiger partial charge in [0.25, 0.3) is 0 Å². The number of nitrogen functional groups attached to an aromatic ring is 1. The van der Waals surface area contributed by atoms with Crippen LogP contribution in [0.1, 0.15) is 5.56 Å². The van der Waals surface area contributed by atoms with Gasteiger partial charge >= 0.3 is 0 Å². The Balaban J connectivity index is 2.09. The van der Waals surface area contributed by atoms with Crippen LogP contribution < -0.4 is 16.6 Å². The van der Waals surface area contributed by atoms with Crippen molar-refractivity contribution in [3.05, 3.63) is 47.4 Å². The van der Waals surface area contributed by atoms with Crippen LogP contribution in [0.15, 0.2) is 36.8 Å². The van der Waals surface area contributed by atoms with Gasteiger partial charge < -0.3 is 15.1 Å². The second kappa shape index (κ2) is 5.28. The minimum Gasteiger partial charge on any atom is -0.336 e. The van der Waals surface area contributed by atoms with Crippen LogP contribution in [-0.2, 0) is 0 Å². The maximum atomic E-state index is 8.96. The molecule has 2 heterocycles. The Hall–Kier alpha value is -2.82. The van der Waals surface area contributed by atoms with Crippen LogP contribution in [0.5, 0.6) is 0 Å². The summed E-state index contributed by atoms with van der Waals surface area (Å²) in [6, 6.07) is 7.00. The lowest BCUT2D eigenvalue weighted by atomic mass is 10.2. The molecule has 0 spiro atoms. The Morgan fingerprint density at radius 2 is 2.24 bits per heavy atom. The second-order valence-corrected chi connectivity index (χ2v) is 4.62. The second-order valence-electron chi connectivity index (χ2n) is 4.21. The number of benzene rings is 1. The number of imidazole rings is 1. The third-order valence-corrected chi connectivity index (χ3v) is 3.20. The standard InChI is InChI=1S/C13H10ClN7/c14-9-2-1-8(6-15)5-10(9)18-12-13-17-3-4-21(13)7-11(19-12)20-16/h1-5,7,20H,16H2,(H,18,19). The van der Waals surface area contributed by atoms with Crippen LogP contribution >= 0.6 is 11.6 Å². The van der Waals surface area contributed by atoms with E-state index in [9.17, 15) is 0 Å². The van der Waals surface area contributed by atoms with Crippen LogP contribution in [0.3, 0.4) is 0 Å². The summed E-state index contributed by atoms with van der Waals surface area (Å²) in [5.41, 5.74) is 4.17. The van der Waals surface area contributed by atoms with Crippen molar-refractivity contribution in [2.75, 3.05) is 10.7 Å².